The first kappa shape index (κ1) is 26.5. The number of fused-ring (bicyclic) bond motifs is 1. The van der Waals surface area contributed by atoms with Crippen molar-refractivity contribution in [3.63, 3.8) is 0 Å². The van der Waals surface area contributed by atoms with Gasteiger partial charge in [-0.25, -0.2) is 9.78 Å². The van der Waals surface area contributed by atoms with Crippen molar-refractivity contribution in [3.05, 3.63) is 29.8 Å². The number of hydrogen-bond donors (Lipinski definition) is 1. The van der Waals surface area contributed by atoms with Crippen LogP contribution in [0.25, 0.3) is 0 Å². The summed E-state index contributed by atoms with van der Waals surface area (Å²) in [5.74, 6) is -3.47. The minimum absolute atomic E-state index is 0.0439. The van der Waals surface area contributed by atoms with Crippen molar-refractivity contribution in [3.8, 4) is 0 Å². The number of hydrogen-bond acceptors (Lipinski definition) is 6. The largest absolute Gasteiger partial charge is 0.490 e. The predicted molar refractivity (Wildman–Crippen MR) is 105 cm³/mol. The first-order chi connectivity index (χ1) is 15.4. The van der Waals surface area contributed by atoms with Gasteiger partial charge in [-0.05, 0) is 24.8 Å². The van der Waals surface area contributed by atoms with Gasteiger partial charge >= 0.3 is 12.1 Å². The van der Waals surface area contributed by atoms with Crippen molar-refractivity contribution < 1.29 is 46.5 Å². The van der Waals surface area contributed by atoms with E-state index in [0.29, 0.717) is 25.3 Å². The Morgan fingerprint density at radius 2 is 1.97 bits per heavy atom. The van der Waals surface area contributed by atoms with Gasteiger partial charge in [0.2, 0.25) is 11.9 Å². The lowest BCUT2D eigenvalue weighted by Gasteiger charge is -2.37. The Balaban J connectivity index is 0.000000479. The monoisotopic (exact) mass is 479 g/mol. The summed E-state index contributed by atoms with van der Waals surface area (Å²) >= 11 is 0. The third-order valence-electron chi connectivity index (χ3n) is 5.19. The van der Waals surface area contributed by atoms with Crippen LogP contribution in [-0.2, 0) is 19.1 Å². The molecule has 2 aliphatic rings. The number of rotatable bonds is 5. The number of aromatic nitrogens is 1. The number of ether oxygens (including phenoxy) is 2. The average molecular weight is 479 g/mol. The van der Waals surface area contributed by atoms with Crippen molar-refractivity contribution in [2.45, 2.75) is 31.2 Å². The second-order valence-electron chi connectivity index (χ2n) is 7.79. The van der Waals surface area contributed by atoms with Gasteiger partial charge in [0.1, 0.15) is 6.61 Å². The fraction of sp³-hybridized carbons (Fsp3) is 0.600. The second-order valence-corrected chi connectivity index (χ2v) is 7.79. The number of carbonyl (C=O) groups excluding carboxylic acids is 2. The third kappa shape index (κ3) is 7.63. The molecule has 1 N–H and O–H groups in total. The molecule has 2 heterocycles. The molecule has 1 aliphatic heterocycles. The van der Waals surface area contributed by atoms with Gasteiger partial charge in [0.25, 0.3) is 5.91 Å². The van der Waals surface area contributed by atoms with E-state index in [1.165, 1.54) is 17.2 Å². The van der Waals surface area contributed by atoms with E-state index in [9.17, 15) is 27.2 Å². The number of morpholine rings is 1. The average Bonchev–Trinajstić information content (AvgIpc) is 3.15. The standard InChI is InChI=1S/C18H24FN3O4.C2HF3O2/c1-21(2)17(23)11-25-10-12-7-14-15(8-12)26-6-5-22(14)18(24)13-3-4-20-16(19)9-13;3-2(4,5)1(6)7/h3-4,9,12,14-15H,5-8,10-11H2,1-2H3;(H,6,7). The minimum atomic E-state index is -5.08. The van der Waals surface area contributed by atoms with Gasteiger partial charge in [-0.2, -0.15) is 17.6 Å². The smallest absolute Gasteiger partial charge is 0.475 e. The Kier molecular flexibility index (Phi) is 9.11. The number of alkyl halides is 3. The molecular formula is C20H25F4N3O6. The van der Waals surface area contributed by atoms with Crippen LogP contribution in [0, 0.1) is 11.9 Å². The molecule has 0 radical (unpaired) electrons. The van der Waals surface area contributed by atoms with Gasteiger partial charge in [-0.15, -0.1) is 0 Å². The fourth-order valence-corrected chi connectivity index (χ4v) is 3.58. The highest BCUT2D eigenvalue weighted by Gasteiger charge is 2.43. The maximum absolute atomic E-state index is 13.3. The molecular weight excluding hydrogens is 454 g/mol. The molecule has 3 atom stereocenters. The summed E-state index contributed by atoms with van der Waals surface area (Å²) in [6, 6.07) is 2.64. The number of nitrogens with zero attached hydrogens (tertiary/aromatic N) is 3. The fourth-order valence-electron chi connectivity index (χ4n) is 3.58. The lowest BCUT2D eigenvalue weighted by Crippen LogP contribution is -2.51. The number of carboxylic acids is 1. The maximum atomic E-state index is 13.3. The Hall–Kier alpha value is -2.80. The SMILES string of the molecule is CN(C)C(=O)COCC1CC2OCCN(C(=O)c3ccnc(F)c3)C2C1.O=C(O)C(F)(F)F. The molecule has 9 nitrogen and oxygen atoms in total. The quantitative estimate of drug-likeness (QED) is 0.505. The number of likely N-dealkylation sites (N-methyl/N-ethyl adjacent to an activating group) is 1. The molecule has 184 valence electrons. The highest BCUT2D eigenvalue weighted by atomic mass is 19.4. The van der Waals surface area contributed by atoms with Gasteiger partial charge in [0, 0.05) is 38.5 Å². The molecule has 0 spiro atoms. The number of amides is 2. The molecule has 3 unspecified atom stereocenters. The molecule has 1 aliphatic carbocycles. The van der Waals surface area contributed by atoms with Crippen LogP contribution in [0.15, 0.2) is 18.3 Å². The van der Waals surface area contributed by atoms with Crippen LogP contribution in [0.4, 0.5) is 17.6 Å². The van der Waals surface area contributed by atoms with E-state index in [0.717, 1.165) is 18.9 Å². The van der Waals surface area contributed by atoms with E-state index in [2.05, 4.69) is 4.98 Å². The Morgan fingerprint density at radius 1 is 1.30 bits per heavy atom. The molecule has 33 heavy (non-hydrogen) atoms. The Bertz CT molecular complexity index is 851. The van der Waals surface area contributed by atoms with Crippen LogP contribution in [0.3, 0.4) is 0 Å². The molecule has 0 bridgehead atoms. The zero-order valence-electron chi connectivity index (χ0n) is 18.0. The lowest BCUT2D eigenvalue weighted by molar-refractivity contribution is -0.192. The number of pyridine rings is 1. The molecule has 2 amide bonds. The molecule has 2 fully saturated rings. The summed E-state index contributed by atoms with van der Waals surface area (Å²) < 4.78 is 56.4. The molecule has 1 saturated carbocycles. The molecule has 1 aromatic rings. The Morgan fingerprint density at radius 3 is 2.55 bits per heavy atom. The van der Waals surface area contributed by atoms with Crippen molar-refractivity contribution in [1.29, 1.82) is 0 Å². The number of carbonyl (C=O) groups is 3. The maximum Gasteiger partial charge on any atom is 0.490 e. The zero-order chi connectivity index (χ0) is 24.8. The van der Waals surface area contributed by atoms with E-state index in [1.54, 1.807) is 19.0 Å². The van der Waals surface area contributed by atoms with Crippen LogP contribution in [0.5, 0.6) is 0 Å². The first-order valence-corrected chi connectivity index (χ1v) is 10.0. The number of carboxylic acid groups (broad SMARTS) is 1. The van der Waals surface area contributed by atoms with E-state index in [-0.39, 0.29) is 36.5 Å². The van der Waals surface area contributed by atoms with Crippen molar-refractivity contribution in [1.82, 2.24) is 14.8 Å². The summed E-state index contributed by atoms with van der Waals surface area (Å²) in [6.45, 7) is 1.46. The normalized spacial score (nSPS) is 22.1. The highest BCUT2D eigenvalue weighted by Crippen LogP contribution is 2.35. The number of halogens is 4. The van der Waals surface area contributed by atoms with Gasteiger partial charge < -0.3 is 24.4 Å². The van der Waals surface area contributed by atoms with Crippen LogP contribution in [-0.4, -0.2) is 96.5 Å². The van der Waals surface area contributed by atoms with Crippen LogP contribution in [0.2, 0.25) is 0 Å². The van der Waals surface area contributed by atoms with Gasteiger partial charge in [-0.3, -0.25) is 9.59 Å². The van der Waals surface area contributed by atoms with Crippen LogP contribution in [0.1, 0.15) is 23.2 Å². The molecule has 1 aromatic heterocycles. The van der Waals surface area contributed by atoms with Crippen molar-refractivity contribution in [2.75, 3.05) is 40.5 Å². The Labute approximate surface area is 187 Å². The van der Waals surface area contributed by atoms with Gasteiger partial charge in [0.05, 0.1) is 25.4 Å². The highest BCUT2D eigenvalue weighted by molar-refractivity contribution is 5.94. The van der Waals surface area contributed by atoms with Crippen LogP contribution >= 0.6 is 0 Å². The van der Waals surface area contributed by atoms with E-state index >= 15 is 0 Å². The van der Waals surface area contributed by atoms with Gasteiger partial charge in [-0.1, -0.05) is 0 Å². The number of aliphatic carboxylic acids is 1. The lowest BCUT2D eigenvalue weighted by atomic mass is 10.1. The zero-order valence-corrected chi connectivity index (χ0v) is 18.0. The summed E-state index contributed by atoms with van der Waals surface area (Å²) in [6.07, 6.45) is -2.29. The second kappa shape index (κ2) is 11.4. The molecule has 0 aromatic carbocycles. The van der Waals surface area contributed by atoms with Gasteiger partial charge in [0.15, 0.2) is 0 Å². The summed E-state index contributed by atoms with van der Waals surface area (Å²) in [4.78, 5) is 40.0. The van der Waals surface area contributed by atoms with E-state index in [4.69, 9.17) is 19.4 Å². The van der Waals surface area contributed by atoms with E-state index < -0.39 is 18.1 Å². The summed E-state index contributed by atoms with van der Waals surface area (Å²) in [5, 5.41) is 7.12. The molecule has 13 heteroatoms. The van der Waals surface area contributed by atoms with Crippen molar-refractivity contribution >= 4 is 17.8 Å². The molecule has 3 rings (SSSR count). The predicted octanol–water partition coefficient (Wildman–Crippen LogP) is 1.58. The van der Waals surface area contributed by atoms with Crippen molar-refractivity contribution in [2.24, 2.45) is 5.92 Å². The van der Waals surface area contributed by atoms with Crippen LogP contribution < -0.4 is 0 Å². The third-order valence-corrected chi connectivity index (χ3v) is 5.19. The van der Waals surface area contributed by atoms with E-state index in [1.807, 2.05) is 0 Å². The molecule has 1 saturated heterocycles. The minimum Gasteiger partial charge on any atom is -0.475 e. The first-order valence-electron chi connectivity index (χ1n) is 10.0. The summed E-state index contributed by atoms with van der Waals surface area (Å²) in [7, 11) is 3.38. The topological polar surface area (TPSA) is 109 Å². The summed E-state index contributed by atoms with van der Waals surface area (Å²) in [5.41, 5.74) is 0.300.